The maximum absolute atomic E-state index is 13.0. The van der Waals surface area contributed by atoms with E-state index in [0.717, 1.165) is 12.8 Å². The number of benzene rings is 2. The molecule has 7 heteroatoms. The van der Waals surface area contributed by atoms with Crippen molar-refractivity contribution >= 4 is 17.5 Å². The summed E-state index contributed by atoms with van der Waals surface area (Å²) in [4.78, 5) is 25.5. The van der Waals surface area contributed by atoms with E-state index in [4.69, 9.17) is 14.2 Å². The second-order valence-electron chi connectivity index (χ2n) is 6.85. The molecular formula is C23H28N2O5. The third-order valence-corrected chi connectivity index (χ3v) is 4.50. The average molecular weight is 412 g/mol. The quantitative estimate of drug-likeness (QED) is 0.615. The van der Waals surface area contributed by atoms with Crippen molar-refractivity contribution in [2.24, 2.45) is 0 Å². The molecule has 0 heterocycles. The summed E-state index contributed by atoms with van der Waals surface area (Å²) in [6, 6.07) is 10.4. The molecule has 2 aromatic carbocycles. The molecule has 1 fully saturated rings. The van der Waals surface area contributed by atoms with Gasteiger partial charge in [0.15, 0.2) is 11.5 Å². The van der Waals surface area contributed by atoms with Crippen LogP contribution < -0.4 is 24.8 Å². The molecular weight excluding hydrogens is 384 g/mol. The Balaban J connectivity index is 1.88. The summed E-state index contributed by atoms with van der Waals surface area (Å²) < 4.78 is 17.0. The van der Waals surface area contributed by atoms with Crippen LogP contribution in [-0.2, 0) is 0 Å². The Morgan fingerprint density at radius 3 is 2.07 bits per heavy atom. The van der Waals surface area contributed by atoms with Gasteiger partial charge in [0.1, 0.15) is 0 Å². The number of carbonyl (C=O) groups excluding carboxylic acids is 2. The van der Waals surface area contributed by atoms with E-state index in [0.29, 0.717) is 53.9 Å². The molecule has 30 heavy (non-hydrogen) atoms. The predicted octanol–water partition coefficient (Wildman–Crippen LogP) is 4.03. The first kappa shape index (κ1) is 21.5. The number of hydrogen-bond acceptors (Lipinski definition) is 5. The van der Waals surface area contributed by atoms with Gasteiger partial charge in [-0.1, -0.05) is 12.1 Å². The Kier molecular flexibility index (Phi) is 7.17. The molecule has 0 radical (unpaired) electrons. The summed E-state index contributed by atoms with van der Waals surface area (Å²) in [7, 11) is 0. The van der Waals surface area contributed by atoms with E-state index in [1.54, 1.807) is 36.4 Å². The lowest BCUT2D eigenvalue weighted by Crippen LogP contribution is -2.27. The maximum Gasteiger partial charge on any atom is 0.255 e. The van der Waals surface area contributed by atoms with Crippen molar-refractivity contribution in [3.63, 3.8) is 0 Å². The molecule has 160 valence electrons. The highest BCUT2D eigenvalue weighted by Gasteiger charge is 2.25. The van der Waals surface area contributed by atoms with E-state index in [1.807, 2.05) is 20.8 Å². The molecule has 2 aromatic rings. The molecule has 0 spiro atoms. The summed E-state index contributed by atoms with van der Waals surface area (Å²) >= 11 is 0. The van der Waals surface area contributed by atoms with Crippen LogP contribution in [0.2, 0.25) is 0 Å². The van der Waals surface area contributed by atoms with E-state index in [9.17, 15) is 9.59 Å². The van der Waals surface area contributed by atoms with E-state index < -0.39 is 0 Å². The molecule has 0 saturated heterocycles. The Labute approximate surface area is 176 Å². The number of carbonyl (C=O) groups is 2. The van der Waals surface area contributed by atoms with Gasteiger partial charge in [-0.15, -0.1) is 0 Å². The summed E-state index contributed by atoms with van der Waals surface area (Å²) in [5, 5.41) is 5.79. The zero-order chi connectivity index (χ0) is 21.5. The predicted molar refractivity (Wildman–Crippen MR) is 115 cm³/mol. The molecule has 1 aliphatic carbocycles. The second kappa shape index (κ2) is 10.0. The normalized spacial score (nSPS) is 12.8. The first-order chi connectivity index (χ1) is 14.6. The van der Waals surface area contributed by atoms with Gasteiger partial charge in [0.05, 0.1) is 31.1 Å². The van der Waals surface area contributed by atoms with Crippen LogP contribution in [0.1, 0.15) is 54.3 Å². The van der Waals surface area contributed by atoms with Crippen molar-refractivity contribution in [2.45, 2.75) is 39.7 Å². The minimum absolute atomic E-state index is 0.190. The monoisotopic (exact) mass is 412 g/mol. The molecule has 1 saturated carbocycles. The van der Waals surface area contributed by atoms with Gasteiger partial charge in [-0.25, -0.2) is 0 Å². The third-order valence-electron chi connectivity index (χ3n) is 4.50. The maximum atomic E-state index is 13.0. The van der Waals surface area contributed by atoms with Crippen molar-refractivity contribution in [1.29, 1.82) is 0 Å². The molecule has 7 nitrogen and oxygen atoms in total. The Morgan fingerprint density at radius 2 is 1.50 bits per heavy atom. The van der Waals surface area contributed by atoms with Gasteiger partial charge in [-0.2, -0.15) is 0 Å². The van der Waals surface area contributed by atoms with Gasteiger partial charge in [0, 0.05) is 11.6 Å². The Morgan fingerprint density at radius 1 is 0.900 bits per heavy atom. The van der Waals surface area contributed by atoms with Crippen LogP contribution in [0.5, 0.6) is 17.2 Å². The van der Waals surface area contributed by atoms with Crippen LogP contribution in [0, 0.1) is 0 Å². The van der Waals surface area contributed by atoms with E-state index >= 15 is 0 Å². The molecule has 0 bridgehead atoms. The number of anilines is 1. The molecule has 1 aliphatic rings. The average Bonchev–Trinajstić information content (AvgIpc) is 3.55. The molecule has 0 atom stereocenters. The lowest BCUT2D eigenvalue weighted by Gasteiger charge is -2.17. The fourth-order valence-electron chi connectivity index (χ4n) is 3.00. The van der Waals surface area contributed by atoms with Gasteiger partial charge in [0.2, 0.25) is 5.75 Å². The smallest absolute Gasteiger partial charge is 0.255 e. The Bertz CT molecular complexity index is 881. The lowest BCUT2D eigenvalue weighted by molar-refractivity contribution is 0.0952. The zero-order valence-corrected chi connectivity index (χ0v) is 17.6. The van der Waals surface area contributed by atoms with Crippen molar-refractivity contribution in [3.05, 3.63) is 47.5 Å². The molecule has 0 unspecified atom stereocenters. The molecule has 3 rings (SSSR count). The first-order valence-corrected chi connectivity index (χ1v) is 10.3. The first-order valence-electron chi connectivity index (χ1n) is 10.3. The fourth-order valence-corrected chi connectivity index (χ4v) is 3.00. The third kappa shape index (κ3) is 5.23. The topological polar surface area (TPSA) is 85.9 Å². The standard InChI is InChI=1S/C23H28N2O5/c1-4-28-19-13-15(14-20(29-5-2)21(19)30-6-3)22(26)25-18-10-8-7-9-17(18)23(27)24-16-11-12-16/h7-10,13-14,16H,4-6,11-12H2,1-3H3,(H,24,27)(H,25,26). The van der Waals surface area contributed by atoms with E-state index in [1.165, 1.54) is 0 Å². The summed E-state index contributed by atoms with van der Waals surface area (Å²) in [5.74, 6) is 0.795. The van der Waals surface area contributed by atoms with Crippen molar-refractivity contribution in [2.75, 3.05) is 25.1 Å². The number of rotatable bonds is 10. The molecule has 2 N–H and O–H groups in total. The van der Waals surface area contributed by atoms with Gasteiger partial charge in [-0.05, 0) is 57.9 Å². The van der Waals surface area contributed by atoms with Gasteiger partial charge >= 0.3 is 0 Å². The van der Waals surface area contributed by atoms with Crippen LogP contribution in [0.25, 0.3) is 0 Å². The largest absolute Gasteiger partial charge is 0.490 e. The number of para-hydroxylation sites is 1. The van der Waals surface area contributed by atoms with Crippen LogP contribution in [0.15, 0.2) is 36.4 Å². The number of hydrogen-bond donors (Lipinski definition) is 2. The highest BCUT2D eigenvalue weighted by Crippen LogP contribution is 2.39. The molecule has 2 amide bonds. The highest BCUT2D eigenvalue weighted by atomic mass is 16.5. The van der Waals surface area contributed by atoms with E-state index in [2.05, 4.69) is 10.6 Å². The van der Waals surface area contributed by atoms with Gasteiger partial charge < -0.3 is 24.8 Å². The summed E-state index contributed by atoms with van der Waals surface area (Å²) in [5.41, 5.74) is 1.23. The van der Waals surface area contributed by atoms with Crippen LogP contribution in [-0.4, -0.2) is 37.7 Å². The van der Waals surface area contributed by atoms with Crippen LogP contribution in [0.4, 0.5) is 5.69 Å². The second-order valence-corrected chi connectivity index (χ2v) is 6.85. The molecule has 0 aromatic heterocycles. The minimum Gasteiger partial charge on any atom is -0.490 e. The minimum atomic E-state index is -0.369. The zero-order valence-electron chi connectivity index (χ0n) is 17.6. The summed E-state index contributed by atoms with van der Waals surface area (Å²) in [6.07, 6.45) is 1.99. The van der Waals surface area contributed by atoms with Crippen molar-refractivity contribution < 1.29 is 23.8 Å². The summed E-state index contributed by atoms with van der Waals surface area (Å²) in [6.45, 7) is 6.86. The lowest BCUT2D eigenvalue weighted by atomic mass is 10.1. The highest BCUT2D eigenvalue weighted by molar-refractivity contribution is 6.09. The van der Waals surface area contributed by atoms with Crippen molar-refractivity contribution in [1.82, 2.24) is 5.32 Å². The number of amides is 2. The number of nitrogens with one attached hydrogen (secondary N) is 2. The number of ether oxygens (including phenoxy) is 3. The Hall–Kier alpha value is -3.22. The van der Waals surface area contributed by atoms with Gasteiger partial charge in [-0.3, -0.25) is 9.59 Å². The van der Waals surface area contributed by atoms with Crippen molar-refractivity contribution in [3.8, 4) is 17.2 Å². The fraction of sp³-hybridized carbons (Fsp3) is 0.391. The van der Waals surface area contributed by atoms with E-state index in [-0.39, 0.29) is 17.9 Å². The van der Waals surface area contributed by atoms with Gasteiger partial charge in [0.25, 0.3) is 11.8 Å². The van der Waals surface area contributed by atoms with Crippen LogP contribution >= 0.6 is 0 Å². The molecule has 0 aliphatic heterocycles. The SMILES string of the molecule is CCOc1cc(C(=O)Nc2ccccc2C(=O)NC2CC2)cc(OCC)c1OCC. The van der Waals surface area contributed by atoms with Crippen LogP contribution in [0.3, 0.4) is 0 Å².